The van der Waals surface area contributed by atoms with Crippen molar-refractivity contribution >= 4 is 23.9 Å². The van der Waals surface area contributed by atoms with Crippen molar-refractivity contribution in [3.63, 3.8) is 0 Å². The third kappa shape index (κ3) is 6.88. The standard InChI is InChI=1S/C34H37N3O6/c1-36(34(42)43-22-28-26-16-8-6-14-24(26)25-15-7-9-17-27(25)28)30(20-23-12-4-2-5-13-23)32(40)35-29(21-31(38)39)33(41)37-18-10-3-11-19-37/h2,4-9,12-17,28-30H,3,10-11,18-22H2,1H3,(H,35,40)(H,38,39)/t29-,30-/m0/s1. The van der Waals surface area contributed by atoms with Crippen molar-refractivity contribution in [2.45, 2.75) is 50.1 Å². The first-order valence-electron chi connectivity index (χ1n) is 14.8. The summed E-state index contributed by atoms with van der Waals surface area (Å²) in [6.45, 7) is 1.14. The third-order valence-corrected chi connectivity index (χ3v) is 8.33. The second-order valence-corrected chi connectivity index (χ2v) is 11.2. The fourth-order valence-corrected chi connectivity index (χ4v) is 6.04. The Hall–Kier alpha value is -4.66. The lowest BCUT2D eigenvalue weighted by atomic mass is 9.98. The summed E-state index contributed by atoms with van der Waals surface area (Å²) in [4.78, 5) is 54.9. The zero-order valence-electron chi connectivity index (χ0n) is 24.3. The number of hydrogen-bond donors (Lipinski definition) is 2. The van der Waals surface area contributed by atoms with E-state index in [4.69, 9.17) is 4.74 Å². The minimum atomic E-state index is -1.24. The van der Waals surface area contributed by atoms with Gasteiger partial charge in [-0.1, -0.05) is 78.9 Å². The van der Waals surface area contributed by atoms with Crippen LogP contribution in [0.4, 0.5) is 4.79 Å². The maximum absolute atomic E-state index is 13.7. The molecule has 2 aliphatic rings. The highest BCUT2D eigenvalue weighted by molar-refractivity contribution is 5.93. The number of benzene rings is 3. The van der Waals surface area contributed by atoms with Crippen molar-refractivity contribution in [2.24, 2.45) is 0 Å². The molecule has 0 saturated carbocycles. The molecule has 0 radical (unpaired) electrons. The van der Waals surface area contributed by atoms with Crippen LogP contribution < -0.4 is 5.32 Å². The van der Waals surface area contributed by atoms with E-state index in [1.807, 2.05) is 66.7 Å². The molecule has 0 bridgehead atoms. The minimum Gasteiger partial charge on any atom is -0.481 e. The van der Waals surface area contributed by atoms with Crippen molar-refractivity contribution in [2.75, 3.05) is 26.7 Å². The molecule has 3 aromatic carbocycles. The van der Waals surface area contributed by atoms with E-state index in [9.17, 15) is 24.3 Å². The number of aliphatic carboxylic acids is 1. The first kappa shape index (κ1) is 29.8. The van der Waals surface area contributed by atoms with Crippen molar-refractivity contribution in [1.29, 1.82) is 0 Å². The number of rotatable bonds is 10. The zero-order valence-corrected chi connectivity index (χ0v) is 24.3. The SMILES string of the molecule is CN(C(=O)OCC1c2ccccc2-c2ccccc21)[C@@H](Cc1ccccc1)C(=O)N[C@@H](CC(=O)O)C(=O)N1CCCCC1. The lowest BCUT2D eigenvalue weighted by Crippen LogP contribution is -2.56. The number of carboxylic acids is 1. The molecule has 1 fully saturated rings. The summed E-state index contributed by atoms with van der Waals surface area (Å²) < 4.78 is 5.82. The van der Waals surface area contributed by atoms with E-state index in [2.05, 4.69) is 17.4 Å². The van der Waals surface area contributed by atoms with Gasteiger partial charge in [0.15, 0.2) is 0 Å². The van der Waals surface area contributed by atoms with E-state index in [1.165, 1.54) is 11.9 Å². The normalized spacial score (nSPS) is 15.5. The lowest BCUT2D eigenvalue weighted by Gasteiger charge is -2.32. The van der Waals surface area contributed by atoms with E-state index < -0.39 is 42.4 Å². The number of likely N-dealkylation sites (N-methyl/N-ethyl adjacent to an activating group) is 1. The Balaban J connectivity index is 1.33. The number of nitrogens with zero attached hydrogens (tertiary/aromatic N) is 2. The average molecular weight is 584 g/mol. The predicted molar refractivity (Wildman–Crippen MR) is 161 cm³/mol. The van der Waals surface area contributed by atoms with Crippen molar-refractivity contribution in [1.82, 2.24) is 15.1 Å². The molecule has 5 rings (SSSR count). The average Bonchev–Trinajstić information content (AvgIpc) is 3.35. The van der Waals surface area contributed by atoms with Gasteiger partial charge in [0.2, 0.25) is 11.8 Å². The van der Waals surface area contributed by atoms with Crippen LogP contribution in [0, 0.1) is 0 Å². The van der Waals surface area contributed by atoms with Crippen LogP contribution >= 0.6 is 0 Å². The van der Waals surface area contributed by atoms with Gasteiger partial charge in [-0.15, -0.1) is 0 Å². The first-order chi connectivity index (χ1) is 20.8. The number of carbonyl (C=O) groups excluding carboxylic acids is 3. The largest absolute Gasteiger partial charge is 0.481 e. The summed E-state index contributed by atoms with van der Waals surface area (Å²) in [7, 11) is 1.49. The van der Waals surface area contributed by atoms with Crippen LogP contribution in [0.2, 0.25) is 0 Å². The summed E-state index contributed by atoms with van der Waals surface area (Å²) in [5.74, 6) is -2.37. The third-order valence-electron chi connectivity index (χ3n) is 8.33. The van der Waals surface area contributed by atoms with E-state index in [0.29, 0.717) is 13.1 Å². The van der Waals surface area contributed by atoms with Crippen LogP contribution in [0.3, 0.4) is 0 Å². The second kappa shape index (κ2) is 13.5. The quantitative estimate of drug-likeness (QED) is 0.364. The molecule has 43 heavy (non-hydrogen) atoms. The van der Waals surface area contributed by atoms with Gasteiger partial charge >= 0.3 is 12.1 Å². The number of carboxylic acid groups (broad SMARTS) is 1. The Morgan fingerprint density at radius 2 is 1.47 bits per heavy atom. The smallest absolute Gasteiger partial charge is 0.410 e. The second-order valence-electron chi connectivity index (χ2n) is 11.2. The topological polar surface area (TPSA) is 116 Å². The van der Waals surface area contributed by atoms with Crippen LogP contribution in [0.15, 0.2) is 78.9 Å². The number of nitrogens with one attached hydrogen (secondary N) is 1. The number of piperidine rings is 1. The van der Waals surface area contributed by atoms with E-state index in [1.54, 1.807) is 4.90 Å². The molecule has 1 aliphatic carbocycles. The van der Waals surface area contributed by atoms with Crippen LogP contribution in [0.5, 0.6) is 0 Å². The highest BCUT2D eigenvalue weighted by Gasteiger charge is 2.35. The molecule has 0 aromatic heterocycles. The number of carbonyl (C=O) groups is 4. The number of fused-ring (bicyclic) bond motifs is 3. The summed E-state index contributed by atoms with van der Waals surface area (Å²) in [6.07, 6.45) is 1.60. The molecular weight excluding hydrogens is 546 g/mol. The molecule has 224 valence electrons. The summed E-state index contributed by atoms with van der Waals surface area (Å²) in [6, 6.07) is 23.0. The van der Waals surface area contributed by atoms with Gasteiger partial charge in [-0.3, -0.25) is 19.3 Å². The minimum absolute atomic E-state index is 0.0892. The van der Waals surface area contributed by atoms with E-state index in [-0.39, 0.29) is 18.9 Å². The molecule has 1 heterocycles. The molecular formula is C34H37N3O6. The van der Waals surface area contributed by atoms with Gasteiger partial charge in [0.25, 0.3) is 0 Å². The number of hydrogen-bond acceptors (Lipinski definition) is 5. The Kier molecular flexibility index (Phi) is 9.39. The zero-order chi connectivity index (χ0) is 30.3. The molecule has 3 amide bonds. The Morgan fingerprint density at radius 1 is 0.884 bits per heavy atom. The number of amides is 3. The van der Waals surface area contributed by atoms with Crippen LogP contribution in [-0.4, -0.2) is 77.6 Å². The van der Waals surface area contributed by atoms with Gasteiger partial charge in [0.05, 0.1) is 6.42 Å². The Labute approximate surface area is 251 Å². The summed E-state index contributed by atoms with van der Waals surface area (Å²) >= 11 is 0. The van der Waals surface area contributed by atoms with Gasteiger partial charge in [-0.2, -0.15) is 0 Å². The lowest BCUT2D eigenvalue weighted by molar-refractivity contribution is -0.144. The first-order valence-corrected chi connectivity index (χ1v) is 14.8. The summed E-state index contributed by atoms with van der Waals surface area (Å²) in [5.41, 5.74) is 5.17. The Morgan fingerprint density at radius 3 is 2.07 bits per heavy atom. The molecule has 2 N–H and O–H groups in total. The maximum Gasteiger partial charge on any atom is 0.410 e. The van der Waals surface area contributed by atoms with Gasteiger partial charge in [0, 0.05) is 32.5 Å². The van der Waals surface area contributed by atoms with E-state index in [0.717, 1.165) is 47.1 Å². The van der Waals surface area contributed by atoms with Crippen LogP contribution in [0.1, 0.15) is 48.3 Å². The van der Waals surface area contributed by atoms with Gasteiger partial charge in [-0.25, -0.2) is 4.79 Å². The molecule has 2 atom stereocenters. The number of likely N-dealkylation sites (tertiary alicyclic amines) is 1. The highest BCUT2D eigenvalue weighted by atomic mass is 16.6. The van der Waals surface area contributed by atoms with E-state index >= 15 is 0 Å². The highest BCUT2D eigenvalue weighted by Crippen LogP contribution is 2.44. The van der Waals surface area contributed by atoms with Gasteiger partial charge < -0.3 is 20.1 Å². The Bertz CT molecular complexity index is 1420. The van der Waals surface area contributed by atoms with Gasteiger partial charge in [0.1, 0.15) is 18.7 Å². The van der Waals surface area contributed by atoms with Crippen LogP contribution in [0.25, 0.3) is 11.1 Å². The molecule has 0 unspecified atom stereocenters. The molecule has 1 saturated heterocycles. The molecule has 9 nitrogen and oxygen atoms in total. The predicted octanol–water partition coefficient (Wildman–Crippen LogP) is 4.45. The summed E-state index contributed by atoms with van der Waals surface area (Å²) in [5, 5.41) is 12.2. The molecule has 3 aromatic rings. The molecule has 1 aliphatic heterocycles. The van der Waals surface area contributed by atoms with Gasteiger partial charge in [-0.05, 0) is 47.1 Å². The van der Waals surface area contributed by atoms with Crippen molar-refractivity contribution in [3.05, 3.63) is 95.6 Å². The van der Waals surface area contributed by atoms with Crippen molar-refractivity contribution in [3.8, 4) is 11.1 Å². The fraction of sp³-hybridized carbons (Fsp3) is 0.353. The monoisotopic (exact) mass is 583 g/mol. The molecule has 9 heteroatoms. The fourth-order valence-electron chi connectivity index (χ4n) is 6.04. The van der Waals surface area contributed by atoms with Crippen molar-refractivity contribution < 1.29 is 29.0 Å². The number of ether oxygens (including phenoxy) is 1. The maximum atomic E-state index is 13.7. The van der Waals surface area contributed by atoms with Crippen LogP contribution in [-0.2, 0) is 25.5 Å². The molecule has 0 spiro atoms.